The molecule has 1 saturated heterocycles. The van der Waals surface area contributed by atoms with E-state index >= 15 is 0 Å². The van der Waals surface area contributed by atoms with Crippen LogP contribution in [0, 0.1) is 21.4 Å². The second-order valence-corrected chi connectivity index (χ2v) is 7.77. The Morgan fingerprint density at radius 1 is 1.28 bits per heavy atom. The van der Waals surface area contributed by atoms with Crippen molar-refractivity contribution < 1.29 is 14.5 Å². The Labute approximate surface area is 148 Å². The fourth-order valence-electron chi connectivity index (χ4n) is 3.84. The number of methoxy groups -OCH3 is 1. The second kappa shape index (κ2) is 7.00. The number of ether oxygens (including phenoxy) is 1. The van der Waals surface area contributed by atoms with E-state index in [1.165, 1.54) is 7.11 Å². The zero-order valence-electron chi connectivity index (χ0n) is 15.6. The summed E-state index contributed by atoms with van der Waals surface area (Å²) >= 11 is 0. The van der Waals surface area contributed by atoms with Gasteiger partial charge in [0.1, 0.15) is 12.1 Å². The summed E-state index contributed by atoms with van der Waals surface area (Å²) in [5.74, 6) is -0.952. The molecule has 0 spiro atoms. The smallest absolute Gasteiger partial charge is 0.323 e. The molecule has 0 aromatic heterocycles. The first-order valence-corrected chi connectivity index (χ1v) is 8.33. The number of rotatable bonds is 4. The van der Waals surface area contributed by atoms with E-state index in [2.05, 4.69) is 5.32 Å². The highest BCUT2D eigenvalue weighted by molar-refractivity contribution is 5.77. The minimum Gasteiger partial charge on any atom is -0.468 e. The summed E-state index contributed by atoms with van der Waals surface area (Å²) in [4.78, 5) is 26.0. The van der Waals surface area contributed by atoms with Crippen LogP contribution >= 0.6 is 0 Å². The molecule has 1 heterocycles. The Hall–Kier alpha value is -2.15. The van der Waals surface area contributed by atoms with Crippen molar-refractivity contribution in [3.63, 3.8) is 0 Å². The van der Waals surface area contributed by atoms with E-state index in [9.17, 15) is 14.9 Å². The lowest BCUT2D eigenvalue weighted by Crippen LogP contribution is -2.45. The third-order valence-electron chi connectivity index (χ3n) is 4.88. The number of anilines is 1. The minimum absolute atomic E-state index is 0.261. The van der Waals surface area contributed by atoms with Crippen molar-refractivity contribution >= 4 is 11.7 Å². The van der Waals surface area contributed by atoms with Crippen LogP contribution in [-0.4, -0.2) is 44.2 Å². The van der Waals surface area contributed by atoms with Crippen LogP contribution in [0.4, 0.5) is 5.69 Å². The van der Waals surface area contributed by atoms with Gasteiger partial charge >= 0.3 is 5.97 Å². The van der Waals surface area contributed by atoms with Gasteiger partial charge < -0.3 is 9.64 Å². The lowest BCUT2D eigenvalue weighted by molar-refractivity contribution is -0.535. The molecule has 1 aliphatic heterocycles. The standard InChI is InChI=1S/C18H27N3O4/c1-18(2,3)13-15(17(22)25-6)19-14(16(13)21(23)24)11-9-7-8-10-12(11)20(4)5/h7-10,13-16,19H,1-6H3/t13-,14+,15+,16+/m0/s1. The average Bonchev–Trinajstić information content (AvgIpc) is 2.94. The summed E-state index contributed by atoms with van der Waals surface area (Å²) in [6, 6.07) is 5.34. The van der Waals surface area contributed by atoms with Crippen LogP contribution in [0.2, 0.25) is 0 Å². The Balaban J connectivity index is 2.58. The third-order valence-corrected chi connectivity index (χ3v) is 4.88. The van der Waals surface area contributed by atoms with E-state index in [0.29, 0.717) is 0 Å². The van der Waals surface area contributed by atoms with Gasteiger partial charge in [0.2, 0.25) is 6.04 Å². The van der Waals surface area contributed by atoms with Crippen LogP contribution < -0.4 is 10.2 Å². The van der Waals surface area contributed by atoms with Gasteiger partial charge in [0.05, 0.1) is 13.0 Å². The van der Waals surface area contributed by atoms with E-state index in [1.54, 1.807) is 0 Å². The molecule has 1 aromatic rings. The molecule has 25 heavy (non-hydrogen) atoms. The summed E-state index contributed by atoms with van der Waals surface area (Å²) in [6.07, 6.45) is 0. The van der Waals surface area contributed by atoms with Gasteiger partial charge in [-0.2, -0.15) is 0 Å². The SMILES string of the molecule is COC(=O)[C@@H]1N[C@H](c2ccccc2N(C)C)[C@H]([N+](=O)[O-])[C@H]1C(C)(C)C. The molecule has 0 unspecified atom stereocenters. The highest BCUT2D eigenvalue weighted by Gasteiger charge is 2.58. The molecule has 138 valence electrons. The van der Waals surface area contributed by atoms with E-state index < -0.39 is 35.4 Å². The van der Waals surface area contributed by atoms with Gasteiger partial charge in [0.25, 0.3) is 0 Å². The highest BCUT2D eigenvalue weighted by Crippen LogP contribution is 2.45. The molecule has 0 bridgehead atoms. The Bertz CT molecular complexity index is 654. The fourth-order valence-corrected chi connectivity index (χ4v) is 3.84. The first kappa shape index (κ1) is 19.2. The highest BCUT2D eigenvalue weighted by atomic mass is 16.6. The van der Waals surface area contributed by atoms with Crippen molar-refractivity contribution in [2.75, 3.05) is 26.1 Å². The predicted molar refractivity (Wildman–Crippen MR) is 96.2 cm³/mol. The van der Waals surface area contributed by atoms with E-state index in [0.717, 1.165) is 11.3 Å². The zero-order valence-corrected chi connectivity index (χ0v) is 15.6. The number of benzene rings is 1. The van der Waals surface area contributed by atoms with Gasteiger partial charge in [-0.3, -0.25) is 20.2 Å². The molecule has 0 radical (unpaired) electrons. The maximum Gasteiger partial charge on any atom is 0.323 e. The molecule has 7 nitrogen and oxygen atoms in total. The van der Waals surface area contributed by atoms with Crippen LogP contribution in [-0.2, 0) is 9.53 Å². The maximum absolute atomic E-state index is 12.3. The Kier molecular flexibility index (Phi) is 5.37. The molecule has 2 rings (SSSR count). The summed E-state index contributed by atoms with van der Waals surface area (Å²) in [6.45, 7) is 5.77. The average molecular weight is 349 g/mol. The first-order valence-electron chi connectivity index (χ1n) is 8.33. The van der Waals surface area contributed by atoms with Gasteiger partial charge in [-0.05, 0) is 17.0 Å². The number of hydrogen-bond acceptors (Lipinski definition) is 6. The van der Waals surface area contributed by atoms with Crippen molar-refractivity contribution in [1.29, 1.82) is 0 Å². The number of esters is 1. The number of carbonyl (C=O) groups excluding carboxylic acids is 1. The molecular weight excluding hydrogens is 322 g/mol. The van der Waals surface area contributed by atoms with Gasteiger partial charge in [-0.1, -0.05) is 39.0 Å². The van der Waals surface area contributed by atoms with Gasteiger partial charge in [-0.15, -0.1) is 0 Å². The maximum atomic E-state index is 12.3. The number of carbonyl (C=O) groups is 1. The molecule has 1 N–H and O–H groups in total. The van der Waals surface area contributed by atoms with Crippen LogP contribution in [0.3, 0.4) is 0 Å². The fraction of sp³-hybridized carbons (Fsp3) is 0.611. The van der Waals surface area contributed by atoms with Crippen molar-refractivity contribution in [3.8, 4) is 0 Å². The van der Waals surface area contributed by atoms with Gasteiger partial charge in [-0.25, -0.2) is 0 Å². The van der Waals surface area contributed by atoms with Crippen LogP contribution in [0.5, 0.6) is 0 Å². The number of nitrogens with zero attached hydrogens (tertiary/aromatic N) is 2. The largest absolute Gasteiger partial charge is 0.468 e. The zero-order chi connectivity index (χ0) is 18.9. The van der Waals surface area contributed by atoms with Crippen LogP contribution in [0.15, 0.2) is 24.3 Å². The van der Waals surface area contributed by atoms with Crippen molar-refractivity contribution in [3.05, 3.63) is 39.9 Å². The Morgan fingerprint density at radius 2 is 1.88 bits per heavy atom. The van der Waals surface area contributed by atoms with Crippen molar-refractivity contribution in [2.45, 2.75) is 38.9 Å². The van der Waals surface area contributed by atoms with Gasteiger partial charge in [0, 0.05) is 24.7 Å². The lowest BCUT2D eigenvalue weighted by Gasteiger charge is -2.31. The molecule has 7 heteroatoms. The summed E-state index contributed by atoms with van der Waals surface area (Å²) in [5, 5.41) is 15.2. The van der Waals surface area contributed by atoms with E-state index in [4.69, 9.17) is 4.74 Å². The van der Waals surface area contributed by atoms with Crippen LogP contribution in [0.25, 0.3) is 0 Å². The Morgan fingerprint density at radius 3 is 2.36 bits per heavy atom. The van der Waals surface area contributed by atoms with Crippen molar-refractivity contribution in [1.82, 2.24) is 5.32 Å². The third kappa shape index (κ3) is 3.61. The molecule has 1 aromatic carbocycles. The van der Waals surface area contributed by atoms with Crippen molar-refractivity contribution in [2.24, 2.45) is 11.3 Å². The second-order valence-electron chi connectivity index (χ2n) is 7.77. The first-order chi connectivity index (χ1) is 11.6. The summed E-state index contributed by atoms with van der Waals surface area (Å²) < 4.78 is 4.92. The van der Waals surface area contributed by atoms with E-state index in [1.807, 2.05) is 64.0 Å². The number of nitro groups is 1. The number of nitrogens with one attached hydrogen (secondary N) is 1. The molecule has 4 atom stereocenters. The summed E-state index contributed by atoms with van der Waals surface area (Å²) in [5.41, 5.74) is 1.27. The van der Waals surface area contributed by atoms with Gasteiger partial charge in [0.15, 0.2) is 0 Å². The number of hydrogen-bond donors (Lipinski definition) is 1. The lowest BCUT2D eigenvalue weighted by atomic mass is 9.72. The summed E-state index contributed by atoms with van der Waals surface area (Å²) in [7, 11) is 5.11. The van der Waals surface area contributed by atoms with Crippen LogP contribution in [0.1, 0.15) is 32.4 Å². The minimum atomic E-state index is -0.926. The topological polar surface area (TPSA) is 84.7 Å². The molecular formula is C18H27N3O4. The van der Waals surface area contributed by atoms with E-state index in [-0.39, 0.29) is 4.92 Å². The molecule has 1 aliphatic rings. The normalized spacial score (nSPS) is 26.3. The number of para-hydroxylation sites is 1. The predicted octanol–water partition coefficient (Wildman–Crippen LogP) is 2.25. The molecule has 0 saturated carbocycles. The quantitative estimate of drug-likeness (QED) is 0.510. The molecule has 1 fully saturated rings. The molecule has 0 amide bonds. The monoisotopic (exact) mass is 349 g/mol. The molecule has 0 aliphatic carbocycles.